The summed E-state index contributed by atoms with van der Waals surface area (Å²) < 4.78 is 17.7. The van der Waals surface area contributed by atoms with E-state index in [1.807, 2.05) is 0 Å². The third kappa shape index (κ3) is 3.48. The molecule has 2 aliphatic heterocycles. The lowest BCUT2D eigenvalue weighted by Crippen LogP contribution is -2.53. The van der Waals surface area contributed by atoms with Gasteiger partial charge in [0.05, 0.1) is 9.82 Å². The van der Waals surface area contributed by atoms with Gasteiger partial charge in [0.1, 0.15) is 16.6 Å². The van der Waals surface area contributed by atoms with Gasteiger partial charge >= 0.3 is 0 Å². The highest BCUT2D eigenvalue weighted by molar-refractivity contribution is 7.99. The molecule has 2 bridgehead atoms. The SMILES string of the molecule is C=C1[C@]2(C(OC)OC)O[C@@H](C3=C2CC[C@](O)(C(C)=O)C3)[C@]1(Cl)CSc1ccccc1[N+](=O)[O-]. The lowest BCUT2D eigenvalue weighted by molar-refractivity contribution is -0.387. The molecule has 1 fully saturated rings. The molecular formula is C23H26ClNO7S. The number of hydrogen-bond acceptors (Lipinski definition) is 8. The van der Waals surface area contributed by atoms with Crippen LogP contribution in [0.15, 0.2) is 52.5 Å². The molecule has 0 aromatic heterocycles. The van der Waals surface area contributed by atoms with E-state index in [1.54, 1.807) is 18.2 Å². The number of nitro benzene ring substituents is 1. The van der Waals surface area contributed by atoms with Crippen molar-refractivity contribution < 1.29 is 29.0 Å². The number of ketones is 1. The summed E-state index contributed by atoms with van der Waals surface area (Å²) in [5.74, 6) is -0.0886. The Kier molecular flexibility index (Phi) is 6.26. The summed E-state index contributed by atoms with van der Waals surface area (Å²) in [6.45, 7) is 5.66. The minimum absolute atomic E-state index is 0.0117. The zero-order valence-electron chi connectivity index (χ0n) is 18.6. The van der Waals surface area contributed by atoms with E-state index in [2.05, 4.69) is 6.58 Å². The van der Waals surface area contributed by atoms with E-state index in [4.69, 9.17) is 25.8 Å². The summed E-state index contributed by atoms with van der Waals surface area (Å²) in [5, 5.41) is 22.4. The molecule has 1 N–H and O–H groups in total. The molecule has 178 valence electrons. The largest absolute Gasteiger partial charge is 0.382 e. The van der Waals surface area contributed by atoms with Crippen LogP contribution >= 0.6 is 23.4 Å². The number of carbonyl (C=O) groups excluding carboxylic acids is 1. The van der Waals surface area contributed by atoms with E-state index >= 15 is 0 Å². The topological polar surface area (TPSA) is 108 Å². The van der Waals surface area contributed by atoms with Gasteiger partial charge in [0, 0.05) is 32.5 Å². The first-order valence-corrected chi connectivity index (χ1v) is 11.9. The molecule has 0 saturated carbocycles. The van der Waals surface area contributed by atoms with Crippen LogP contribution in [-0.2, 0) is 19.0 Å². The summed E-state index contributed by atoms with van der Waals surface area (Å²) in [5.41, 5.74) is -0.482. The fourth-order valence-corrected chi connectivity index (χ4v) is 6.88. The predicted molar refractivity (Wildman–Crippen MR) is 123 cm³/mol. The van der Waals surface area contributed by atoms with Gasteiger partial charge in [-0.3, -0.25) is 14.9 Å². The molecule has 0 unspecified atom stereocenters. The number of fused-ring (bicyclic) bond motifs is 4. The van der Waals surface area contributed by atoms with Crippen molar-refractivity contribution in [2.24, 2.45) is 0 Å². The van der Waals surface area contributed by atoms with E-state index in [1.165, 1.54) is 39.0 Å². The molecule has 3 aliphatic rings. The van der Waals surface area contributed by atoms with E-state index in [0.29, 0.717) is 16.9 Å². The number of nitro groups is 1. The number of para-hydroxylation sites is 1. The lowest BCUT2D eigenvalue weighted by Gasteiger charge is -2.44. The standard InChI is InChI=1S/C23H26ClNO7S/c1-13-22(24,12-33-18-8-6-5-7-17(18)25(28)29)19-15-11-21(27,14(2)26)10-9-16(15)23(13,32-19)20(30-3)31-4/h5-8,19-20,27H,1,9-12H2,2-4H3/t19-,21+,22-,23-/m0/s1. The van der Waals surface area contributed by atoms with Crippen molar-refractivity contribution >= 4 is 34.8 Å². The number of thioether (sulfide) groups is 1. The van der Waals surface area contributed by atoms with Crippen molar-refractivity contribution in [2.45, 2.75) is 59.6 Å². The van der Waals surface area contributed by atoms with Gasteiger partial charge in [-0.2, -0.15) is 0 Å². The summed E-state index contributed by atoms with van der Waals surface area (Å²) in [6, 6.07) is 6.45. The Morgan fingerprint density at radius 3 is 2.70 bits per heavy atom. The van der Waals surface area contributed by atoms with Crippen molar-refractivity contribution in [3.8, 4) is 0 Å². The second-order valence-corrected chi connectivity index (χ2v) is 10.4. The van der Waals surface area contributed by atoms with Crippen molar-refractivity contribution in [1.82, 2.24) is 0 Å². The second kappa shape index (κ2) is 8.48. The van der Waals surface area contributed by atoms with Gasteiger partial charge in [-0.1, -0.05) is 18.7 Å². The van der Waals surface area contributed by atoms with E-state index in [-0.39, 0.29) is 30.1 Å². The molecule has 0 amide bonds. The van der Waals surface area contributed by atoms with E-state index in [0.717, 1.165) is 11.1 Å². The maximum Gasteiger partial charge on any atom is 0.282 e. The first-order chi connectivity index (χ1) is 15.5. The van der Waals surface area contributed by atoms with Crippen molar-refractivity contribution in [3.63, 3.8) is 0 Å². The molecule has 1 saturated heterocycles. The zero-order chi connectivity index (χ0) is 24.2. The summed E-state index contributed by atoms with van der Waals surface area (Å²) in [4.78, 5) is 22.5. The molecule has 4 atom stereocenters. The second-order valence-electron chi connectivity index (χ2n) is 8.66. The fourth-order valence-electron chi connectivity index (χ4n) is 5.24. The monoisotopic (exact) mass is 495 g/mol. The van der Waals surface area contributed by atoms with Crippen LogP contribution in [0.1, 0.15) is 26.2 Å². The molecule has 33 heavy (non-hydrogen) atoms. The number of hydrogen-bond donors (Lipinski definition) is 1. The Morgan fingerprint density at radius 1 is 1.42 bits per heavy atom. The van der Waals surface area contributed by atoms with Crippen LogP contribution in [0.25, 0.3) is 0 Å². The Balaban J connectivity index is 1.75. The quantitative estimate of drug-likeness (QED) is 0.145. The first kappa shape index (κ1) is 24.4. The van der Waals surface area contributed by atoms with Crippen LogP contribution in [0.2, 0.25) is 0 Å². The predicted octanol–water partition coefficient (Wildman–Crippen LogP) is 3.79. The van der Waals surface area contributed by atoms with Crippen LogP contribution in [-0.4, -0.2) is 64.3 Å². The number of halogens is 1. The number of Topliss-reactive ketones (excluding diaryl/α,β-unsaturated/α-hetero) is 1. The number of aliphatic hydroxyl groups is 1. The molecule has 0 radical (unpaired) electrons. The highest BCUT2D eigenvalue weighted by Crippen LogP contribution is 2.64. The van der Waals surface area contributed by atoms with Crippen molar-refractivity contribution in [2.75, 3.05) is 20.0 Å². The van der Waals surface area contributed by atoms with Gasteiger partial charge < -0.3 is 19.3 Å². The number of rotatable bonds is 8. The number of alkyl halides is 1. The highest BCUT2D eigenvalue weighted by atomic mass is 35.5. The summed E-state index contributed by atoms with van der Waals surface area (Å²) in [6.07, 6.45) is -0.750. The smallest absolute Gasteiger partial charge is 0.282 e. The van der Waals surface area contributed by atoms with Gasteiger partial charge in [-0.25, -0.2) is 0 Å². The Labute approximate surface area is 201 Å². The normalized spacial score (nSPS) is 33.0. The van der Waals surface area contributed by atoms with Crippen LogP contribution in [0.4, 0.5) is 5.69 Å². The molecule has 1 aliphatic carbocycles. The number of carbonyl (C=O) groups is 1. The van der Waals surface area contributed by atoms with Gasteiger partial charge in [-0.05, 0) is 42.6 Å². The maximum absolute atomic E-state index is 12.2. The molecule has 1 aromatic carbocycles. The third-order valence-corrected chi connectivity index (χ3v) is 8.98. The minimum Gasteiger partial charge on any atom is -0.382 e. The number of nitrogens with zero attached hydrogens (tertiary/aromatic N) is 1. The van der Waals surface area contributed by atoms with E-state index in [9.17, 15) is 20.0 Å². The van der Waals surface area contributed by atoms with Crippen molar-refractivity contribution in [1.29, 1.82) is 0 Å². The molecule has 2 heterocycles. The maximum atomic E-state index is 12.2. The minimum atomic E-state index is -1.49. The Bertz CT molecular complexity index is 1060. The number of ether oxygens (including phenoxy) is 3. The summed E-state index contributed by atoms with van der Waals surface area (Å²) in [7, 11) is 3.00. The molecule has 0 spiro atoms. The fraction of sp³-hybridized carbons (Fsp3) is 0.522. The molecule has 4 rings (SSSR count). The molecule has 10 heteroatoms. The van der Waals surface area contributed by atoms with Gasteiger partial charge in [-0.15, -0.1) is 23.4 Å². The van der Waals surface area contributed by atoms with Gasteiger partial charge in [0.2, 0.25) is 0 Å². The van der Waals surface area contributed by atoms with Crippen molar-refractivity contribution in [3.05, 3.63) is 57.7 Å². The molecular weight excluding hydrogens is 470 g/mol. The highest BCUT2D eigenvalue weighted by Gasteiger charge is 2.70. The van der Waals surface area contributed by atoms with Crippen LogP contribution in [0.3, 0.4) is 0 Å². The number of benzene rings is 1. The van der Waals surface area contributed by atoms with Crippen LogP contribution in [0, 0.1) is 10.1 Å². The van der Waals surface area contributed by atoms with Crippen LogP contribution in [0.5, 0.6) is 0 Å². The summed E-state index contributed by atoms with van der Waals surface area (Å²) >= 11 is 8.45. The Morgan fingerprint density at radius 2 is 2.09 bits per heavy atom. The third-order valence-electron chi connectivity index (χ3n) is 7.01. The Hall–Kier alpha value is -1.75. The average Bonchev–Trinajstić information content (AvgIpc) is 3.23. The average molecular weight is 496 g/mol. The molecule has 1 aromatic rings. The van der Waals surface area contributed by atoms with Crippen LogP contribution < -0.4 is 0 Å². The zero-order valence-corrected chi connectivity index (χ0v) is 20.2. The lowest BCUT2D eigenvalue weighted by atomic mass is 9.65. The van der Waals surface area contributed by atoms with Gasteiger partial charge in [0.25, 0.3) is 5.69 Å². The molecule has 8 nitrogen and oxygen atoms in total. The first-order valence-electron chi connectivity index (χ1n) is 10.5. The van der Waals surface area contributed by atoms with Gasteiger partial charge in [0.15, 0.2) is 17.7 Å². The number of methoxy groups -OCH3 is 2. The van der Waals surface area contributed by atoms with E-state index < -0.39 is 33.4 Å².